The SMILES string of the molecule is CC(=O)N(Cc1ccc(C(F)(F)F)cc1)c1ccccc1. The lowest BCUT2D eigenvalue weighted by Crippen LogP contribution is -2.27. The second-order valence-electron chi connectivity index (χ2n) is 4.64. The van der Waals surface area contributed by atoms with Crippen molar-refractivity contribution >= 4 is 11.6 Å². The number of carbonyl (C=O) groups is 1. The molecule has 110 valence electrons. The minimum absolute atomic E-state index is 0.166. The first-order valence-corrected chi connectivity index (χ1v) is 6.37. The van der Waals surface area contributed by atoms with Gasteiger partial charge in [0.05, 0.1) is 12.1 Å². The molecule has 1 amide bonds. The zero-order valence-electron chi connectivity index (χ0n) is 11.4. The van der Waals surface area contributed by atoms with E-state index in [9.17, 15) is 18.0 Å². The third kappa shape index (κ3) is 3.84. The Balaban J connectivity index is 2.20. The Bertz CT molecular complexity index is 606. The quantitative estimate of drug-likeness (QED) is 0.828. The maximum atomic E-state index is 12.5. The molecular weight excluding hydrogens is 279 g/mol. The first kappa shape index (κ1) is 15.1. The highest BCUT2D eigenvalue weighted by Crippen LogP contribution is 2.29. The van der Waals surface area contributed by atoms with Crippen LogP contribution in [0.3, 0.4) is 0 Å². The van der Waals surface area contributed by atoms with Crippen LogP contribution in [0, 0.1) is 0 Å². The zero-order valence-corrected chi connectivity index (χ0v) is 11.4. The lowest BCUT2D eigenvalue weighted by molar-refractivity contribution is -0.137. The predicted octanol–water partition coefficient (Wildman–Crippen LogP) is 4.26. The van der Waals surface area contributed by atoms with Gasteiger partial charge in [-0.05, 0) is 29.8 Å². The normalized spacial score (nSPS) is 11.2. The van der Waals surface area contributed by atoms with Gasteiger partial charge in [-0.3, -0.25) is 4.79 Å². The minimum atomic E-state index is -4.35. The summed E-state index contributed by atoms with van der Waals surface area (Å²) in [6.07, 6.45) is -4.35. The van der Waals surface area contributed by atoms with Gasteiger partial charge in [0.25, 0.3) is 0 Å². The number of nitrogens with zero attached hydrogens (tertiary/aromatic N) is 1. The lowest BCUT2D eigenvalue weighted by atomic mass is 10.1. The van der Waals surface area contributed by atoms with Crippen LogP contribution in [0.4, 0.5) is 18.9 Å². The van der Waals surface area contributed by atoms with Crippen molar-refractivity contribution in [2.45, 2.75) is 19.6 Å². The molecule has 0 unspecified atom stereocenters. The zero-order chi connectivity index (χ0) is 15.5. The van der Waals surface area contributed by atoms with Gasteiger partial charge in [-0.25, -0.2) is 0 Å². The molecule has 0 saturated carbocycles. The van der Waals surface area contributed by atoms with Gasteiger partial charge >= 0.3 is 6.18 Å². The molecule has 0 spiro atoms. The molecule has 0 aliphatic carbocycles. The van der Waals surface area contributed by atoms with E-state index >= 15 is 0 Å². The van der Waals surface area contributed by atoms with E-state index in [0.29, 0.717) is 11.3 Å². The molecule has 0 atom stereocenters. The van der Waals surface area contributed by atoms with Crippen LogP contribution in [0.5, 0.6) is 0 Å². The monoisotopic (exact) mass is 293 g/mol. The lowest BCUT2D eigenvalue weighted by Gasteiger charge is -2.21. The van der Waals surface area contributed by atoms with Gasteiger partial charge in [-0.15, -0.1) is 0 Å². The van der Waals surface area contributed by atoms with Gasteiger partial charge in [0.2, 0.25) is 5.91 Å². The van der Waals surface area contributed by atoms with Gasteiger partial charge in [-0.2, -0.15) is 13.2 Å². The number of rotatable bonds is 3. The Morgan fingerprint density at radius 2 is 1.57 bits per heavy atom. The Morgan fingerprint density at radius 1 is 1.00 bits per heavy atom. The van der Waals surface area contributed by atoms with Crippen molar-refractivity contribution < 1.29 is 18.0 Å². The number of para-hydroxylation sites is 1. The Morgan fingerprint density at radius 3 is 2.05 bits per heavy atom. The summed E-state index contributed by atoms with van der Waals surface area (Å²) in [5, 5.41) is 0. The third-order valence-corrected chi connectivity index (χ3v) is 3.07. The highest BCUT2D eigenvalue weighted by Gasteiger charge is 2.30. The van der Waals surface area contributed by atoms with Crippen molar-refractivity contribution in [1.82, 2.24) is 0 Å². The van der Waals surface area contributed by atoms with Crippen LogP contribution in [0.1, 0.15) is 18.1 Å². The molecule has 2 aromatic rings. The fourth-order valence-electron chi connectivity index (χ4n) is 1.97. The van der Waals surface area contributed by atoms with Crippen LogP contribution in [-0.4, -0.2) is 5.91 Å². The standard InChI is InChI=1S/C16H14F3NO/c1-12(21)20(15-5-3-2-4-6-15)11-13-7-9-14(10-8-13)16(17,18)19/h2-10H,11H2,1H3. The fourth-order valence-corrected chi connectivity index (χ4v) is 1.97. The summed E-state index contributed by atoms with van der Waals surface area (Å²) in [5.74, 6) is -0.166. The van der Waals surface area contributed by atoms with Crippen LogP contribution in [0.2, 0.25) is 0 Å². The van der Waals surface area contributed by atoms with Crippen molar-refractivity contribution in [3.63, 3.8) is 0 Å². The van der Waals surface area contributed by atoms with E-state index in [1.54, 1.807) is 24.3 Å². The summed E-state index contributed by atoms with van der Waals surface area (Å²) in [7, 11) is 0. The van der Waals surface area contributed by atoms with E-state index in [4.69, 9.17) is 0 Å². The number of alkyl halides is 3. The van der Waals surface area contributed by atoms with E-state index in [2.05, 4.69) is 0 Å². The number of amides is 1. The molecule has 2 aromatic carbocycles. The summed E-state index contributed by atoms with van der Waals surface area (Å²) in [6, 6.07) is 13.8. The molecule has 5 heteroatoms. The molecule has 0 aromatic heterocycles. The average Bonchev–Trinajstić information content (AvgIpc) is 2.45. The van der Waals surface area contributed by atoms with Crippen molar-refractivity contribution in [2.24, 2.45) is 0 Å². The molecule has 0 saturated heterocycles. The van der Waals surface area contributed by atoms with Crippen LogP contribution < -0.4 is 4.90 Å². The van der Waals surface area contributed by atoms with Gasteiger partial charge in [0, 0.05) is 12.6 Å². The molecule has 21 heavy (non-hydrogen) atoms. The molecule has 0 fully saturated rings. The number of halogens is 3. The van der Waals surface area contributed by atoms with Gasteiger partial charge < -0.3 is 4.90 Å². The van der Waals surface area contributed by atoms with E-state index < -0.39 is 11.7 Å². The third-order valence-electron chi connectivity index (χ3n) is 3.07. The molecule has 0 heterocycles. The summed E-state index contributed by atoms with van der Waals surface area (Å²) < 4.78 is 37.5. The van der Waals surface area contributed by atoms with Crippen LogP contribution in [0.15, 0.2) is 54.6 Å². The van der Waals surface area contributed by atoms with Gasteiger partial charge in [0.15, 0.2) is 0 Å². The maximum Gasteiger partial charge on any atom is 0.416 e. The number of hydrogen-bond acceptors (Lipinski definition) is 1. The first-order valence-electron chi connectivity index (χ1n) is 6.37. The second-order valence-corrected chi connectivity index (χ2v) is 4.64. The van der Waals surface area contributed by atoms with Crippen LogP contribution in [-0.2, 0) is 17.5 Å². The molecule has 0 aliphatic heterocycles. The molecule has 2 rings (SSSR count). The summed E-state index contributed by atoms with van der Waals surface area (Å²) in [4.78, 5) is 13.2. The molecule has 0 N–H and O–H groups in total. The van der Waals surface area contributed by atoms with Crippen LogP contribution in [0.25, 0.3) is 0 Å². The second kappa shape index (κ2) is 5.99. The topological polar surface area (TPSA) is 20.3 Å². The molecular formula is C16H14F3NO. The van der Waals surface area contributed by atoms with Crippen molar-refractivity contribution in [2.75, 3.05) is 4.90 Å². The minimum Gasteiger partial charge on any atom is -0.308 e. The number of anilines is 1. The predicted molar refractivity (Wildman–Crippen MR) is 74.8 cm³/mol. The molecule has 0 aliphatic rings. The van der Waals surface area contributed by atoms with Crippen LogP contribution >= 0.6 is 0 Å². The summed E-state index contributed by atoms with van der Waals surface area (Å²) >= 11 is 0. The van der Waals surface area contributed by atoms with E-state index in [0.717, 1.165) is 12.1 Å². The summed E-state index contributed by atoms with van der Waals surface area (Å²) in [6.45, 7) is 1.66. The Labute approximate surface area is 120 Å². The molecule has 0 bridgehead atoms. The van der Waals surface area contributed by atoms with Crippen molar-refractivity contribution in [3.8, 4) is 0 Å². The number of carbonyl (C=O) groups excluding carboxylic acids is 1. The molecule has 0 radical (unpaired) electrons. The highest BCUT2D eigenvalue weighted by atomic mass is 19.4. The van der Waals surface area contributed by atoms with E-state index in [-0.39, 0.29) is 12.5 Å². The fraction of sp³-hybridized carbons (Fsp3) is 0.188. The van der Waals surface area contributed by atoms with E-state index in [1.807, 2.05) is 6.07 Å². The van der Waals surface area contributed by atoms with Gasteiger partial charge in [-0.1, -0.05) is 30.3 Å². The Kier molecular flexibility index (Phi) is 4.31. The maximum absolute atomic E-state index is 12.5. The van der Waals surface area contributed by atoms with Crippen molar-refractivity contribution in [1.29, 1.82) is 0 Å². The number of hydrogen-bond donors (Lipinski definition) is 0. The largest absolute Gasteiger partial charge is 0.416 e. The Hall–Kier alpha value is -2.30. The summed E-state index contributed by atoms with van der Waals surface area (Å²) in [5.41, 5.74) is 0.660. The van der Waals surface area contributed by atoms with Crippen molar-refractivity contribution in [3.05, 3.63) is 65.7 Å². The van der Waals surface area contributed by atoms with Gasteiger partial charge in [0.1, 0.15) is 0 Å². The average molecular weight is 293 g/mol. The first-order chi connectivity index (χ1) is 9.88. The smallest absolute Gasteiger partial charge is 0.308 e. The molecule has 2 nitrogen and oxygen atoms in total. The van der Waals surface area contributed by atoms with E-state index in [1.165, 1.54) is 24.0 Å². The number of benzene rings is 2. The highest BCUT2D eigenvalue weighted by molar-refractivity contribution is 5.91.